The fourth-order valence-electron chi connectivity index (χ4n) is 2.78. The fourth-order valence-corrected chi connectivity index (χ4v) is 2.78. The van der Waals surface area contributed by atoms with Gasteiger partial charge in [-0.05, 0) is 43.7 Å². The third-order valence-corrected chi connectivity index (χ3v) is 3.97. The van der Waals surface area contributed by atoms with Gasteiger partial charge in [0, 0.05) is 19.3 Å². The summed E-state index contributed by atoms with van der Waals surface area (Å²) in [5.41, 5.74) is 2.57. The molecule has 2 rings (SSSR count). The van der Waals surface area contributed by atoms with Gasteiger partial charge in [0.1, 0.15) is 11.4 Å². The van der Waals surface area contributed by atoms with Gasteiger partial charge in [-0.3, -0.25) is 0 Å². The van der Waals surface area contributed by atoms with Crippen molar-refractivity contribution in [3.8, 4) is 0 Å². The van der Waals surface area contributed by atoms with Crippen LogP contribution in [0.1, 0.15) is 60.6 Å². The zero-order valence-electron chi connectivity index (χ0n) is 12.5. The summed E-state index contributed by atoms with van der Waals surface area (Å²) >= 11 is 0. The van der Waals surface area contributed by atoms with Crippen molar-refractivity contribution in [2.24, 2.45) is 0 Å². The van der Waals surface area contributed by atoms with Crippen molar-refractivity contribution < 1.29 is 9.90 Å². The molecule has 0 unspecified atom stereocenters. The molecule has 4 heteroatoms. The second kappa shape index (κ2) is 6.73. The Kier molecular flexibility index (Phi) is 4.99. The number of carboxylic acids is 1. The lowest BCUT2D eigenvalue weighted by atomic mass is 9.94. The molecular weight excluding hydrogens is 252 g/mol. The van der Waals surface area contributed by atoms with Crippen molar-refractivity contribution in [2.75, 3.05) is 18.5 Å². The molecule has 0 fully saturated rings. The highest BCUT2D eigenvalue weighted by molar-refractivity contribution is 5.93. The van der Waals surface area contributed by atoms with Crippen LogP contribution in [-0.4, -0.2) is 29.7 Å². The van der Waals surface area contributed by atoms with E-state index in [0.29, 0.717) is 11.4 Å². The summed E-state index contributed by atoms with van der Waals surface area (Å²) in [5.74, 6) is -0.238. The number of carbonyl (C=O) groups is 1. The van der Waals surface area contributed by atoms with Crippen molar-refractivity contribution in [1.29, 1.82) is 0 Å². The Bertz CT molecular complexity index is 486. The molecule has 0 aromatic carbocycles. The summed E-state index contributed by atoms with van der Waals surface area (Å²) in [6.07, 6.45) is 7.64. The van der Waals surface area contributed by atoms with Crippen molar-refractivity contribution in [1.82, 2.24) is 4.98 Å². The molecule has 4 nitrogen and oxygen atoms in total. The number of unbranched alkanes of at least 4 members (excludes halogenated alkanes) is 2. The first-order chi connectivity index (χ1) is 9.63. The van der Waals surface area contributed by atoms with Gasteiger partial charge >= 0.3 is 5.97 Å². The van der Waals surface area contributed by atoms with Gasteiger partial charge in [-0.1, -0.05) is 19.8 Å². The molecule has 0 saturated heterocycles. The minimum absolute atomic E-state index is 0.352. The molecule has 1 aliphatic carbocycles. The number of pyridine rings is 1. The maximum absolute atomic E-state index is 11.5. The number of aromatic nitrogens is 1. The van der Waals surface area contributed by atoms with Crippen LogP contribution in [0.2, 0.25) is 0 Å². The standard InChI is InChI=1S/C16H24N2O2/c1-3-4-7-10-18(2)15-13(16(19)20)11-12-8-5-6-9-14(12)17-15/h11H,3-10H2,1-2H3,(H,19,20). The van der Waals surface area contributed by atoms with E-state index < -0.39 is 5.97 Å². The summed E-state index contributed by atoms with van der Waals surface area (Å²) in [6.45, 7) is 3.03. The van der Waals surface area contributed by atoms with E-state index in [4.69, 9.17) is 0 Å². The second-order valence-electron chi connectivity index (χ2n) is 5.61. The van der Waals surface area contributed by atoms with Crippen molar-refractivity contribution in [3.05, 3.63) is 22.9 Å². The first-order valence-corrected chi connectivity index (χ1v) is 7.60. The SMILES string of the molecule is CCCCCN(C)c1nc2c(cc1C(=O)O)CCCC2. The lowest BCUT2D eigenvalue weighted by Gasteiger charge is -2.23. The van der Waals surface area contributed by atoms with E-state index in [9.17, 15) is 9.90 Å². The summed E-state index contributed by atoms with van der Waals surface area (Å²) in [6, 6.07) is 1.84. The van der Waals surface area contributed by atoms with Crippen LogP contribution >= 0.6 is 0 Å². The summed E-state index contributed by atoms with van der Waals surface area (Å²) in [4.78, 5) is 18.1. The Morgan fingerprint density at radius 2 is 2.10 bits per heavy atom. The number of fused-ring (bicyclic) bond motifs is 1. The Labute approximate surface area is 120 Å². The van der Waals surface area contributed by atoms with E-state index in [1.54, 1.807) is 0 Å². The number of hydrogen-bond donors (Lipinski definition) is 1. The molecule has 0 aliphatic heterocycles. The molecule has 1 aromatic rings. The molecule has 1 aliphatic rings. The van der Waals surface area contributed by atoms with Gasteiger partial charge < -0.3 is 10.0 Å². The van der Waals surface area contributed by atoms with E-state index in [2.05, 4.69) is 11.9 Å². The molecule has 0 saturated carbocycles. The second-order valence-corrected chi connectivity index (χ2v) is 5.61. The van der Waals surface area contributed by atoms with Crippen LogP contribution in [0, 0.1) is 0 Å². The minimum Gasteiger partial charge on any atom is -0.478 e. The van der Waals surface area contributed by atoms with Gasteiger partial charge in [-0.15, -0.1) is 0 Å². The van der Waals surface area contributed by atoms with Gasteiger partial charge in [0.05, 0.1) is 0 Å². The number of carboxylic acid groups (broad SMARTS) is 1. The first kappa shape index (κ1) is 14.8. The quantitative estimate of drug-likeness (QED) is 0.810. The number of aryl methyl sites for hydroxylation is 2. The number of aromatic carboxylic acids is 1. The molecular formula is C16H24N2O2. The van der Waals surface area contributed by atoms with Gasteiger partial charge in [0.2, 0.25) is 0 Å². The summed E-state index contributed by atoms with van der Waals surface area (Å²) < 4.78 is 0. The Hall–Kier alpha value is -1.58. The van der Waals surface area contributed by atoms with E-state index in [1.165, 1.54) is 0 Å². The Balaban J connectivity index is 2.27. The predicted octanol–water partition coefficient (Wildman–Crippen LogP) is 3.29. The predicted molar refractivity (Wildman–Crippen MR) is 80.6 cm³/mol. The van der Waals surface area contributed by atoms with E-state index >= 15 is 0 Å². The van der Waals surface area contributed by atoms with Crippen LogP contribution in [0.15, 0.2) is 6.07 Å². The number of nitrogens with zero attached hydrogens (tertiary/aromatic N) is 2. The van der Waals surface area contributed by atoms with Crippen LogP contribution in [0.5, 0.6) is 0 Å². The van der Waals surface area contributed by atoms with E-state index in [-0.39, 0.29) is 0 Å². The Morgan fingerprint density at radius 3 is 2.80 bits per heavy atom. The molecule has 110 valence electrons. The minimum atomic E-state index is -0.872. The zero-order chi connectivity index (χ0) is 14.5. The Morgan fingerprint density at radius 1 is 1.35 bits per heavy atom. The van der Waals surface area contributed by atoms with Gasteiger partial charge in [0.25, 0.3) is 0 Å². The molecule has 0 bridgehead atoms. The molecule has 1 N–H and O–H groups in total. The normalized spacial score (nSPS) is 13.9. The topological polar surface area (TPSA) is 53.4 Å². The lowest BCUT2D eigenvalue weighted by Crippen LogP contribution is -2.24. The van der Waals surface area contributed by atoms with Crippen LogP contribution in [0.4, 0.5) is 5.82 Å². The van der Waals surface area contributed by atoms with Crippen LogP contribution in [0.3, 0.4) is 0 Å². The van der Waals surface area contributed by atoms with Gasteiger partial charge in [0.15, 0.2) is 0 Å². The smallest absolute Gasteiger partial charge is 0.339 e. The monoisotopic (exact) mass is 276 g/mol. The highest BCUT2D eigenvalue weighted by atomic mass is 16.4. The maximum atomic E-state index is 11.5. The lowest BCUT2D eigenvalue weighted by molar-refractivity contribution is 0.0697. The largest absolute Gasteiger partial charge is 0.478 e. The van der Waals surface area contributed by atoms with E-state index in [1.807, 2.05) is 18.0 Å². The highest BCUT2D eigenvalue weighted by Crippen LogP contribution is 2.26. The average molecular weight is 276 g/mol. The average Bonchev–Trinajstić information content (AvgIpc) is 2.46. The molecule has 0 radical (unpaired) electrons. The van der Waals surface area contributed by atoms with Crippen LogP contribution < -0.4 is 4.90 Å². The number of rotatable bonds is 6. The third kappa shape index (κ3) is 3.30. The molecule has 1 aromatic heterocycles. The third-order valence-electron chi connectivity index (χ3n) is 3.97. The highest BCUT2D eigenvalue weighted by Gasteiger charge is 2.20. The summed E-state index contributed by atoms with van der Waals surface area (Å²) in [7, 11) is 1.94. The van der Waals surface area contributed by atoms with Gasteiger partial charge in [-0.25, -0.2) is 9.78 Å². The van der Waals surface area contributed by atoms with E-state index in [0.717, 1.165) is 62.7 Å². The molecule has 1 heterocycles. The van der Waals surface area contributed by atoms with Gasteiger partial charge in [-0.2, -0.15) is 0 Å². The zero-order valence-corrected chi connectivity index (χ0v) is 12.5. The first-order valence-electron chi connectivity index (χ1n) is 7.60. The molecule has 0 atom stereocenters. The maximum Gasteiger partial charge on any atom is 0.339 e. The van der Waals surface area contributed by atoms with Crippen molar-refractivity contribution in [3.63, 3.8) is 0 Å². The fraction of sp³-hybridized carbons (Fsp3) is 0.625. The van der Waals surface area contributed by atoms with Crippen molar-refractivity contribution in [2.45, 2.75) is 51.9 Å². The van der Waals surface area contributed by atoms with Crippen LogP contribution in [0.25, 0.3) is 0 Å². The summed E-state index contributed by atoms with van der Waals surface area (Å²) in [5, 5.41) is 9.42. The number of anilines is 1. The molecule has 20 heavy (non-hydrogen) atoms. The molecule has 0 spiro atoms. The van der Waals surface area contributed by atoms with Crippen molar-refractivity contribution >= 4 is 11.8 Å². The van der Waals surface area contributed by atoms with Crippen LogP contribution in [-0.2, 0) is 12.8 Å². The molecule has 0 amide bonds. The number of hydrogen-bond acceptors (Lipinski definition) is 3.